The van der Waals surface area contributed by atoms with Crippen molar-refractivity contribution in [1.29, 1.82) is 0 Å². The summed E-state index contributed by atoms with van der Waals surface area (Å²) in [5, 5.41) is 4.88. The van der Waals surface area contributed by atoms with Gasteiger partial charge >= 0.3 is 0 Å². The van der Waals surface area contributed by atoms with Gasteiger partial charge in [0.15, 0.2) is 0 Å². The predicted octanol–water partition coefficient (Wildman–Crippen LogP) is 4.09. The minimum atomic E-state index is 0.426. The van der Waals surface area contributed by atoms with Crippen LogP contribution in [0.3, 0.4) is 0 Å². The van der Waals surface area contributed by atoms with Crippen LogP contribution in [-0.4, -0.2) is 31.4 Å². The molecule has 1 aromatic rings. The highest BCUT2D eigenvalue weighted by Gasteiger charge is 2.17. The van der Waals surface area contributed by atoms with E-state index in [1.54, 1.807) is 0 Å². The van der Waals surface area contributed by atoms with E-state index in [4.69, 9.17) is 5.10 Å². The summed E-state index contributed by atoms with van der Waals surface area (Å²) in [6.45, 7) is 6.54. The summed E-state index contributed by atoms with van der Waals surface area (Å²) in [5.41, 5.74) is 3.78. The summed E-state index contributed by atoms with van der Waals surface area (Å²) in [6.07, 6.45) is 3.33. The average Bonchev–Trinajstić information content (AvgIpc) is 2.33. The third-order valence-corrected chi connectivity index (χ3v) is 2.82. The van der Waals surface area contributed by atoms with Crippen molar-refractivity contribution in [3.05, 3.63) is 47.5 Å². The molecule has 1 rings (SSSR count). The molecule has 0 aromatic heterocycles. The Balaban J connectivity index is 3.07. The lowest BCUT2D eigenvalue weighted by atomic mass is 9.94. The Bertz CT molecular complexity index is 446. The molecule has 0 saturated heterocycles. The molecule has 0 fully saturated rings. The van der Waals surface area contributed by atoms with Crippen molar-refractivity contribution < 1.29 is 4.59 Å². The maximum Gasteiger partial charge on any atom is 0.106 e. The zero-order valence-electron chi connectivity index (χ0n) is 13.1. The quantitative estimate of drug-likeness (QED) is 0.327. The molecule has 0 bridgehead atoms. The maximum absolute atomic E-state index is 4.88. The number of nitrogens with zero attached hydrogens (tertiary/aromatic N) is 2. The molecule has 2 heteroatoms. The molecule has 0 aliphatic heterocycles. The van der Waals surface area contributed by atoms with E-state index in [0.717, 1.165) is 6.42 Å². The minimum Gasteiger partial charge on any atom is -0.205 e. The van der Waals surface area contributed by atoms with Crippen LogP contribution in [0.5, 0.6) is 0 Å². The standard InChI is InChI=1S/C17H27N2/c1-14(2)12-13-15(3)17(18-19(4,5)6)16-10-8-7-9-11-16/h7-12,15H,13H2,1-6H3/q+1/b18-17+. The van der Waals surface area contributed by atoms with E-state index in [1.807, 2.05) is 6.07 Å². The first-order chi connectivity index (χ1) is 8.79. The summed E-state index contributed by atoms with van der Waals surface area (Å²) in [4.78, 5) is 0. The van der Waals surface area contributed by atoms with E-state index in [1.165, 1.54) is 16.8 Å². The van der Waals surface area contributed by atoms with Gasteiger partial charge in [0.25, 0.3) is 0 Å². The van der Waals surface area contributed by atoms with Gasteiger partial charge in [-0.3, -0.25) is 0 Å². The second-order valence-electron chi connectivity index (χ2n) is 6.21. The van der Waals surface area contributed by atoms with Crippen molar-refractivity contribution in [3.63, 3.8) is 0 Å². The first kappa shape index (κ1) is 15.6. The number of quaternary nitrogens is 1. The first-order valence-electron chi connectivity index (χ1n) is 6.90. The Labute approximate surface area is 118 Å². The first-order valence-corrected chi connectivity index (χ1v) is 6.90. The van der Waals surface area contributed by atoms with Gasteiger partial charge in [0.1, 0.15) is 5.71 Å². The molecule has 104 valence electrons. The second kappa shape index (κ2) is 6.67. The van der Waals surface area contributed by atoms with Gasteiger partial charge < -0.3 is 0 Å². The van der Waals surface area contributed by atoms with E-state index in [0.29, 0.717) is 10.5 Å². The average molecular weight is 259 g/mol. The zero-order chi connectivity index (χ0) is 14.5. The highest BCUT2D eigenvalue weighted by molar-refractivity contribution is 6.01. The molecule has 0 N–H and O–H groups in total. The fourth-order valence-corrected chi connectivity index (χ4v) is 1.90. The molecule has 0 spiro atoms. The molecule has 0 heterocycles. The van der Waals surface area contributed by atoms with E-state index >= 15 is 0 Å². The molecule has 1 unspecified atom stereocenters. The van der Waals surface area contributed by atoms with Crippen molar-refractivity contribution in [2.24, 2.45) is 11.0 Å². The Hall–Kier alpha value is -1.41. The van der Waals surface area contributed by atoms with Crippen molar-refractivity contribution in [1.82, 2.24) is 0 Å². The molecule has 19 heavy (non-hydrogen) atoms. The lowest BCUT2D eigenvalue weighted by Crippen LogP contribution is -2.31. The molecule has 1 aromatic carbocycles. The van der Waals surface area contributed by atoms with Gasteiger partial charge in [-0.15, -0.1) is 0 Å². The molecule has 0 radical (unpaired) electrons. The van der Waals surface area contributed by atoms with Gasteiger partial charge in [0.2, 0.25) is 0 Å². The van der Waals surface area contributed by atoms with Crippen LogP contribution >= 0.6 is 0 Å². The van der Waals surface area contributed by atoms with Gasteiger partial charge in [-0.2, -0.15) is 0 Å². The van der Waals surface area contributed by atoms with Crippen LogP contribution in [0.2, 0.25) is 0 Å². The monoisotopic (exact) mass is 259 g/mol. The number of allylic oxidation sites excluding steroid dienone is 2. The van der Waals surface area contributed by atoms with Gasteiger partial charge in [-0.25, -0.2) is 4.59 Å². The van der Waals surface area contributed by atoms with Crippen molar-refractivity contribution in [2.45, 2.75) is 27.2 Å². The Morgan fingerprint density at radius 1 is 1.16 bits per heavy atom. The van der Waals surface area contributed by atoms with E-state index in [9.17, 15) is 0 Å². The molecule has 0 amide bonds. The Morgan fingerprint density at radius 3 is 2.21 bits per heavy atom. The minimum absolute atomic E-state index is 0.426. The largest absolute Gasteiger partial charge is 0.205 e. The van der Waals surface area contributed by atoms with Crippen molar-refractivity contribution >= 4 is 5.71 Å². The lowest BCUT2D eigenvalue weighted by molar-refractivity contribution is -0.877. The van der Waals surface area contributed by atoms with Crippen LogP contribution in [0.25, 0.3) is 0 Å². The molecule has 0 saturated carbocycles. The van der Waals surface area contributed by atoms with Gasteiger partial charge in [0, 0.05) is 11.5 Å². The third kappa shape index (κ3) is 5.84. The summed E-state index contributed by atoms with van der Waals surface area (Å²) in [7, 11) is 6.28. The van der Waals surface area contributed by atoms with E-state index in [-0.39, 0.29) is 0 Å². The molecule has 1 atom stereocenters. The summed E-state index contributed by atoms with van der Waals surface area (Å²) >= 11 is 0. The fraction of sp³-hybridized carbons (Fsp3) is 0.471. The zero-order valence-corrected chi connectivity index (χ0v) is 13.1. The van der Waals surface area contributed by atoms with Crippen LogP contribution in [-0.2, 0) is 0 Å². The normalized spacial score (nSPS) is 14.1. The van der Waals surface area contributed by atoms with Crippen LogP contribution in [0, 0.1) is 5.92 Å². The maximum atomic E-state index is 4.88. The summed E-state index contributed by atoms with van der Waals surface area (Å²) < 4.78 is 0.601. The van der Waals surface area contributed by atoms with Crippen LogP contribution in [0.1, 0.15) is 32.8 Å². The Kier molecular flexibility index (Phi) is 5.49. The highest BCUT2D eigenvalue weighted by Crippen LogP contribution is 2.16. The molecule has 0 aliphatic carbocycles. The number of hydrogen-bond donors (Lipinski definition) is 0. The molecular formula is C17H27N2+. The van der Waals surface area contributed by atoms with Crippen molar-refractivity contribution in [2.75, 3.05) is 21.1 Å². The number of benzene rings is 1. The van der Waals surface area contributed by atoms with Crippen molar-refractivity contribution in [3.8, 4) is 0 Å². The predicted molar refractivity (Wildman–Crippen MR) is 84.2 cm³/mol. The van der Waals surface area contributed by atoms with Gasteiger partial charge in [-0.05, 0) is 20.3 Å². The lowest BCUT2D eigenvalue weighted by Gasteiger charge is -2.21. The summed E-state index contributed by atoms with van der Waals surface area (Å²) in [6, 6.07) is 10.5. The molecular weight excluding hydrogens is 232 g/mol. The van der Waals surface area contributed by atoms with Gasteiger partial charge in [0.05, 0.1) is 21.1 Å². The SMILES string of the molecule is CC(C)=CCC(C)/C(=N\[N+](C)(C)C)c1ccccc1. The second-order valence-corrected chi connectivity index (χ2v) is 6.21. The molecule has 0 aliphatic rings. The topological polar surface area (TPSA) is 12.4 Å². The van der Waals surface area contributed by atoms with E-state index in [2.05, 4.69) is 72.3 Å². The Morgan fingerprint density at radius 2 is 1.74 bits per heavy atom. The van der Waals surface area contributed by atoms with Crippen LogP contribution < -0.4 is 0 Å². The third-order valence-electron chi connectivity index (χ3n) is 2.82. The highest BCUT2D eigenvalue weighted by atomic mass is 15.6. The van der Waals surface area contributed by atoms with E-state index < -0.39 is 0 Å². The molecule has 2 nitrogen and oxygen atoms in total. The number of hydrogen-bond acceptors (Lipinski definition) is 1. The van der Waals surface area contributed by atoms with Crippen LogP contribution in [0.4, 0.5) is 0 Å². The summed E-state index contributed by atoms with van der Waals surface area (Å²) in [5.74, 6) is 0.426. The van der Waals surface area contributed by atoms with Gasteiger partial charge in [-0.1, -0.05) is 54.0 Å². The smallest absolute Gasteiger partial charge is 0.106 e. The number of rotatable bonds is 5. The fourth-order valence-electron chi connectivity index (χ4n) is 1.90. The van der Waals surface area contributed by atoms with Crippen LogP contribution in [0.15, 0.2) is 47.1 Å².